The molecule has 2 aromatic rings. The summed E-state index contributed by atoms with van der Waals surface area (Å²) in [5.41, 5.74) is 3.16. The predicted octanol–water partition coefficient (Wildman–Crippen LogP) is 2.23. The van der Waals surface area contributed by atoms with Crippen LogP contribution in [-0.2, 0) is 19.4 Å². The molecule has 4 nitrogen and oxygen atoms in total. The number of fused-ring (bicyclic) bond motifs is 1. The van der Waals surface area contributed by atoms with Gasteiger partial charge in [0.25, 0.3) is 0 Å². The Kier molecular flexibility index (Phi) is 3.29. The fourth-order valence-corrected chi connectivity index (χ4v) is 2.94. The van der Waals surface area contributed by atoms with Crippen LogP contribution in [0.25, 0.3) is 0 Å². The van der Waals surface area contributed by atoms with Crippen molar-refractivity contribution in [2.75, 3.05) is 0 Å². The molecule has 19 heavy (non-hydrogen) atoms. The second-order valence-corrected chi connectivity index (χ2v) is 5.25. The molecule has 0 aliphatic heterocycles. The second-order valence-electron chi connectivity index (χ2n) is 4.84. The lowest BCUT2D eigenvalue weighted by molar-refractivity contribution is 0.583. The van der Waals surface area contributed by atoms with E-state index in [1.165, 1.54) is 0 Å². The molecule has 98 valence electrons. The number of hydrogen-bond donors (Lipinski definition) is 1. The van der Waals surface area contributed by atoms with E-state index in [1.807, 2.05) is 12.1 Å². The standard InChI is InChI=1S/C14H15N3OS/c18-14-16-13(19)11-5-1-2-6-12(11)17(14)9-10-4-3-7-15-8-10/h3-4,7-8H,1-2,5-6,9H2,(H,16,18,19). The SMILES string of the molecule is O=c1[nH]c(=S)c2c(n1Cc1cccnc1)CCCC2. The van der Waals surface area contributed by atoms with E-state index in [2.05, 4.69) is 9.97 Å². The van der Waals surface area contributed by atoms with Crippen LogP contribution in [-0.4, -0.2) is 14.5 Å². The molecule has 1 aliphatic carbocycles. The van der Waals surface area contributed by atoms with Crippen LogP contribution in [0.2, 0.25) is 0 Å². The van der Waals surface area contributed by atoms with Crippen molar-refractivity contribution in [3.05, 3.63) is 56.5 Å². The summed E-state index contributed by atoms with van der Waals surface area (Å²) in [5.74, 6) is 0. The first-order valence-electron chi connectivity index (χ1n) is 6.49. The van der Waals surface area contributed by atoms with Crippen molar-refractivity contribution in [3.8, 4) is 0 Å². The van der Waals surface area contributed by atoms with E-state index in [0.29, 0.717) is 11.2 Å². The van der Waals surface area contributed by atoms with Crippen LogP contribution in [0.5, 0.6) is 0 Å². The molecule has 0 fully saturated rings. The molecule has 0 radical (unpaired) electrons. The molecule has 2 aromatic heterocycles. The molecule has 3 rings (SSSR count). The summed E-state index contributed by atoms with van der Waals surface area (Å²) in [6.45, 7) is 0.557. The Morgan fingerprint density at radius 1 is 1.37 bits per heavy atom. The number of aromatic nitrogens is 3. The van der Waals surface area contributed by atoms with Crippen molar-refractivity contribution >= 4 is 12.2 Å². The molecule has 1 aliphatic rings. The maximum Gasteiger partial charge on any atom is 0.327 e. The Hall–Kier alpha value is -1.75. The van der Waals surface area contributed by atoms with Gasteiger partial charge in [-0.2, -0.15) is 0 Å². The number of nitrogens with zero attached hydrogens (tertiary/aromatic N) is 2. The summed E-state index contributed by atoms with van der Waals surface area (Å²) < 4.78 is 2.42. The van der Waals surface area contributed by atoms with E-state index in [-0.39, 0.29) is 5.69 Å². The van der Waals surface area contributed by atoms with Gasteiger partial charge in [0.1, 0.15) is 4.64 Å². The first-order valence-corrected chi connectivity index (χ1v) is 6.90. The number of aromatic amines is 1. The monoisotopic (exact) mass is 273 g/mol. The van der Waals surface area contributed by atoms with E-state index < -0.39 is 0 Å². The van der Waals surface area contributed by atoms with Crippen molar-refractivity contribution in [2.45, 2.75) is 32.2 Å². The average molecular weight is 273 g/mol. The van der Waals surface area contributed by atoms with Crippen LogP contribution in [0.4, 0.5) is 0 Å². The molecule has 0 bridgehead atoms. The van der Waals surface area contributed by atoms with Crippen LogP contribution in [0, 0.1) is 4.64 Å². The summed E-state index contributed by atoms with van der Waals surface area (Å²) in [5, 5.41) is 0. The molecule has 1 N–H and O–H groups in total. The lowest BCUT2D eigenvalue weighted by Crippen LogP contribution is -2.30. The van der Waals surface area contributed by atoms with Gasteiger partial charge in [-0.25, -0.2) is 4.79 Å². The smallest absolute Gasteiger partial charge is 0.298 e. The van der Waals surface area contributed by atoms with E-state index in [0.717, 1.165) is 42.5 Å². The van der Waals surface area contributed by atoms with Crippen molar-refractivity contribution < 1.29 is 0 Å². The minimum Gasteiger partial charge on any atom is -0.298 e. The Balaban J connectivity index is 2.11. The molecule has 0 amide bonds. The predicted molar refractivity (Wildman–Crippen MR) is 75.9 cm³/mol. The maximum absolute atomic E-state index is 12.1. The van der Waals surface area contributed by atoms with Crippen LogP contribution >= 0.6 is 12.2 Å². The van der Waals surface area contributed by atoms with Crippen LogP contribution in [0.1, 0.15) is 29.7 Å². The highest BCUT2D eigenvalue weighted by molar-refractivity contribution is 7.71. The largest absolute Gasteiger partial charge is 0.327 e. The van der Waals surface area contributed by atoms with Gasteiger partial charge >= 0.3 is 5.69 Å². The molecule has 5 heteroatoms. The molecule has 0 atom stereocenters. The molecule has 0 saturated carbocycles. The molecule has 0 spiro atoms. The van der Waals surface area contributed by atoms with Gasteiger partial charge in [-0.05, 0) is 37.3 Å². The van der Waals surface area contributed by atoms with Gasteiger partial charge in [0, 0.05) is 23.7 Å². The zero-order chi connectivity index (χ0) is 13.2. The van der Waals surface area contributed by atoms with Gasteiger partial charge in [0.2, 0.25) is 0 Å². The van der Waals surface area contributed by atoms with Crippen LogP contribution in [0.15, 0.2) is 29.3 Å². The molecule has 2 heterocycles. The first kappa shape index (κ1) is 12.3. The fraction of sp³-hybridized carbons (Fsp3) is 0.357. The van der Waals surface area contributed by atoms with Gasteiger partial charge in [-0.15, -0.1) is 0 Å². The third-order valence-corrected chi connectivity index (χ3v) is 3.92. The lowest BCUT2D eigenvalue weighted by atomic mass is 9.97. The summed E-state index contributed by atoms with van der Waals surface area (Å²) in [6.07, 6.45) is 7.71. The second kappa shape index (κ2) is 5.09. The molecule has 0 aromatic carbocycles. The van der Waals surface area contributed by atoms with Gasteiger partial charge in [0.05, 0.1) is 6.54 Å². The van der Waals surface area contributed by atoms with E-state index in [9.17, 15) is 4.79 Å². The summed E-state index contributed by atoms with van der Waals surface area (Å²) in [4.78, 5) is 19.0. The highest BCUT2D eigenvalue weighted by atomic mass is 32.1. The Bertz CT molecular complexity index is 703. The Morgan fingerprint density at radius 3 is 3.00 bits per heavy atom. The lowest BCUT2D eigenvalue weighted by Gasteiger charge is -2.20. The van der Waals surface area contributed by atoms with Crippen molar-refractivity contribution in [1.29, 1.82) is 0 Å². The van der Waals surface area contributed by atoms with Gasteiger partial charge in [-0.3, -0.25) is 14.5 Å². The third kappa shape index (κ3) is 2.38. The molecule has 0 saturated heterocycles. The first-order chi connectivity index (χ1) is 9.25. The number of H-pyrrole nitrogens is 1. The highest BCUT2D eigenvalue weighted by Gasteiger charge is 2.16. The van der Waals surface area contributed by atoms with Crippen molar-refractivity contribution in [2.24, 2.45) is 0 Å². The third-order valence-electron chi connectivity index (χ3n) is 3.57. The number of nitrogens with one attached hydrogen (secondary N) is 1. The van der Waals surface area contributed by atoms with E-state index in [4.69, 9.17) is 12.2 Å². The maximum atomic E-state index is 12.1. The zero-order valence-electron chi connectivity index (χ0n) is 10.6. The number of hydrogen-bond acceptors (Lipinski definition) is 3. The van der Waals surface area contributed by atoms with E-state index >= 15 is 0 Å². The van der Waals surface area contributed by atoms with Crippen molar-refractivity contribution in [3.63, 3.8) is 0 Å². The summed E-state index contributed by atoms with van der Waals surface area (Å²) >= 11 is 5.27. The van der Waals surface area contributed by atoms with E-state index in [1.54, 1.807) is 17.0 Å². The Labute approximate surface area is 116 Å². The number of pyridine rings is 1. The summed E-state index contributed by atoms with van der Waals surface area (Å²) in [6, 6.07) is 3.87. The average Bonchev–Trinajstić information content (AvgIpc) is 2.45. The van der Waals surface area contributed by atoms with Gasteiger partial charge in [-0.1, -0.05) is 18.3 Å². The Morgan fingerprint density at radius 2 is 2.21 bits per heavy atom. The number of rotatable bonds is 2. The topological polar surface area (TPSA) is 50.7 Å². The minimum absolute atomic E-state index is 0.116. The van der Waals surface area contributed by atoms with Gasteiger partial charge < -0.3 is 0 Å². The van der Waals surface area contributed by atoms with Crippen LogP contribution < -0.4 is 5.69 Å². The van der Waals surface area contributed by atoms with Gasteiger partial charge in [0.15, 0.2) is 0 Å². The van der Waals surface area contributed by atoms with Crippen molar-refractivity contribution in [1.82, 2.24) is 14.5 Å². The molecular weight excluding hydrogens is 258 g/mol. The minimum atomic E-state index is -0.116. The highest BCUT2D eigenvalue weighted by Crippen LogP contribution is 2.20. The quantitative estimate of drug-likeness (QED) is 0.854. The normalized spacial score (nSPS) is 14.1. The van der Waals surface area contributed by atoms with Crippen LogP contribution in [0.3, 0.4) is 0 Å². The molecular formula is C14H15N3OS. The fourth-order valence-electron chi connectivity index (χ4n) is 2.64. The zero-order valence-corrected chi connectivity index (χ0v) is 11.4. The molecule has 0 unspecified atom stereocenters. The summed E-state index contributed by atoms with van der Waals surface area (Å²) in [7, 11) is 0.